The number of hydrogen-bond acceptors (Lipinski definition) is 6. The maximum Gasteiger partial charge on any atom is 0.254 e. The maximum atomic E-state index is 13.8. The smallest absolute Gasteiger partial charge is 0.254 e. The molecule has 4 fully saturated rings. The molecule has 1 unspecified atom stereocenters. The van der Waals surface area contributed by atoms with Crippen LogP contribution in [0.25, 0.3) is 33.6 Å². The third kappa shape index (κ3) is 3.85. The highest BCUT2D eigenvalue weighted by molar-refractivity contribution is 6.00. The average molecular weight is 541 g/mol. The highest BCUT2D eigenvalue weighted by atomic mass is 16.5. The van der Waals surface area contributed by atoms with Crippen LogP contribution in [0.2, 0.25) is 0 Å². The number of nitrogens with zero attached hydrogens (tertiary/aromatic N) is 5. The Labute approximate surface area is 233 Å². The first kappa shape index (κ1) is 24.4. The number of nitrogens with two attached hydrogens (primary N) is 1. The van der Waals surface area contributed by atoms with Gasteiger partial charge in [-0.3, -0.25) is 4.79 Å². The van der Waals surface area contributed by atoms with Gasteiger partial charge in [0.1, 0.15) is 16.9 Å². The van der Waals surface area contributed by atoms with Crippen LogP contribution in [0.15, 0.2) is 36.5 Å². The fourth-order valence-corrected chi connectivity index (χ4v) is 7.33. The molecule has 4 aromatic rings. The van der Waals surface area contributed by atoms with Crippen molar-refractivity contribution in [2.24, 2.45) is 23.5 Å². The minimum atomic E-state index is 0.0233. The van der Waals surface area contributed by atoms with Crippen molar-refractivity contribution in [2.75, 3.05) is 26.9 Å². The Morgan fingerprint density at radius 3 is 2.70 bits per heavy atom. The van der Waals surface area contributed by atoms with Crippen LogP contribution in [0.1, 0.15) is 42.5 Å². The van der Waals surface area contributed by atoms with Crippen molar-refractivity contribution in [1.82, 2.24) is 24.0 Å². The number of amides is 1. The Morgan fingerprint density at radius 1 is 1.10 bits per heavy atom. The van der Waals surface area contributed by atoms with E-state index in [0.29, 0.717) is 29.1 Å². The van der Waals surface area contributed by atoms with Crippen LogP contribution in [-0.2, 0) is 17.8 Å². The maximum absolute atomic E-state index is 13.8. The van der Waals surface area contributed by atoms with Crippen molar-refractivity contribution in [3.8, 4) is 17.3 Å². The standard InChI is InChI=1S/C31H36N6O3/c1-39-26-13-22(31(38)36-16-21-6-7-24(36)27(21)32)11-23-28(26)37(15-19-8-10-40-17-19)30(34-23)25-12-20-3-2-9-33-29(20)35(25)14-18-4-5-18/h2-3,9,11-13,18-19,21,24,27H,4-8,10,14-17,32H2,1H3/t19?,21-,24-,27-/m1/s1. The van der Waals surface area contributed by atoms with E-state index < -0.39 is 0 Å². The molecule has 40 heavy (non-hydrogen) atoms. The van der Waals surface area contributed by atoms with Crippen molar-refractivity contribution in [1.29, 1.82) is 0 Å². The third-order valence-corrected chi connectivity index (χ3v) is 9.67. The molecule has 9 heteroatoms. The van der Waals surface area contributed by atoms with Crippen LogP contribution in [0.3, 0.4) is 0 Å². The number of pyridine rings is 1. The monoisotopic (exact) mass is 540 g/mol. The van der Waals surface area contributed by atoms with Gasteiger partial charge in [0.25, 0.3) is 5.91 Å². The molecule has 3 aromatic heterocycles. The van der Waals surface area contributed by atoms with Gasteiger partial charge in [-0.25, -0.2) is 9.97 Å². The zero-order chi connectivity index (χ0) is 27.0. The van der Waals surface area contributed by atoms with E-state index >= 15 is 0 Å². The lowest BCUT2D eigenvalue weighted by molar-refractivity contribution is 0.0700. The van der Waals surface area contributed by atoms with Gasteiger partial charge in [0.15, 0.2) is 5.82 Å². The first-order chi connectivity index (χ1) is 19.6. The zero-order valence-electron chi connectivity index (χ0n) is 23.0. The SMILES string of the molecule is COc1cc(C(=O)N2C[C@H]3CC[C@@H]2[C@@H]3N)cc2nc(-c3cc4cccnc4n3CC3CC3)n(CC3CCOC3)c12. The summed E-state index contributed by atoms with van der Waals surface area (Å²) in [4.78, 5) is 25.8. The second kappa shape index (κ2) is 9.31. The van der Waals surface area contributed by atoms with Crippen LogP contribution < -0.4 is 10.5 Å². The quantitative estimate of drug-likeness (QED) is 0.379. The van der Waals surface area contributed by atoms with Crippen molar-refractivity contribution >= 4 is 28.0 Å². The normalized spacial score (nSPS) is 26.0. The summed E-state index contributed by atoms with van der Waals surface area (Å²) in [5.41, 5.74) is 10.8. The van der Waals surface area contributed by atoms with Gasteiger partial charge in [-0.2, -0.15) is 0 Å². The summed E-state index contributed by atoms with van der Waals surface area (Å²) in [6, 6.07) is 10.4. The molecule has 5 heterocycles. The molecule has 9 nitrogen and oxygen atoms in total. The van der Waals surface area contributed by atoms with E-state index in [0.717, 1.165) is 85.7 Å². The number of carbonyl (C=O) groups excluding carboxylic acids is 1. The Bertz CT molecular complexity index is 1610. The largest absolute Gasteiger partial charge is 0.494 e. The van der Waals surface area contributed by atoms with Gasteiger partial charge in [-0.15, -0.1) is 0 Å². The molecule has 208 valence electrons. The molecule has 1 amide bonds. The van der Waals surface area contributed by atoms with Crippen LogP contribution in [0.5, 0.6) is 5.75 Å². The molecule has 2 aliphatic heterocycles. The average Bonchev–Trinajstić information content (AvgIpc) is 3.34. The molecule has 8 rings (SSSR count). The number of hydrogen-bond donors (Lipinski definition) is 1. The molecule has 4 atom stereocenters. The number of piperidine rings is 1. The molecule has 0 spiro atoms. The second-order valence-electron chi connectivity index (χ2n) is 12.3. The van der Waals surface area contributed by atoms with Crippen LogP contribution >= 0.6 is 0 Å². The van der Waals surface area contributed by atoms with Gasteiger partial charge in [-0.1, -0.05) is 0 Å². The summed E-state index contributed by atoms with van der Waals surface area (Å²) >= 11 is 0. The van der Waals surface area contributed by atoms with Crippen molar-refractivity contribution < 1.29 is 14.3 Å². The van der Waals surface area contributed by atoms with Crippen LogP contribution in [0, 0.1) is 17.8 Å². The van der Waals surface area contributed by atoms with Crippen molar-refractivity contribution in [2.45, 2.75) is 57.3 Å². The number of rotatable bonds is 7. The molecule has 4 aliphatic rings. The Hall–Kier alpha value is -3.43. The number of likely N-dealkylation sites (tertiary alicyclic amines) is 1. The van der Waals surface area contributed by atoms with Gasteiger partial charge in [-0.05, 0) is 74.3 Å². The fourth-order valence-electron chi connectivity index (χ4n) is 7.33. The first-order valence-corrected chi connectivity index (χ1v) is 14.8. The minimum Gasteiger partial charge on any atom is -0.494 e. The summed E-state index contributed by atoms with van der Waals surface area (Å²) in [7, 11) is 1.68. The van der Waals surface area contributed by atoms with Crippen molar-refractivity contribution in [3.63, 3.8) is 0 Å². The predicted molar refractivity (Wildman–Crippen MR) is 152 cm³/mol. The highest BCUT2D eigenvalue weighted by Crippen LogP contribution is 2.40. The number of methoxy groups -OCH3 is 1. The van der Waals surface area contributed by atoms with Crippen molar-refractivity contribution in [3.05, 3.63) is 42.1 Å². The number of aromatic nitrogens is 4. The number of benzene rings is 1. The first-order valence-electron chi connectivity index (χ1n) is 14.8. The van der Waals surface area contributed by atoms with E-state index in [-0.39, 0.29) is 18.0 Å². The lowest BCUT2D eigenvalue weighted by Crippen LogP contribution is -2.41. The molecule has 2 bridgehead atoms. The molecule has 2 saturated carbocycles. The highest BCUT2D eigenvalue weighted by Gasteiger charge is 2.47. The van der Waals surface area contributed by atoms with Gasteiger partial charge in [0.05, 0.1) is 24.9 Å². The lowest BCUT2D eigenvalue weighted by atomic mass is 10.1. The molecular formula is C31H36N6O3. The van der Waals surface area contributed by atoms with E-state index in [4.69, 9.17) is 25.2 Å². The molecule has 2 N–H and O–H groups in total. The molecule has 1 aromatic carbocycles. The molecular weight excluding hydrogens is 504 g/mol. The third-order valence-electron chi connectivity index (χ3n) is 9.67. The van der Waals surface area contributed by atoms with Gasteiger partial charge >= 0.3 is 0 Å². The zero-order valence-corrected chi connectivity index (χ0v) is 23.0. The Balaban J connectivity index is 1.29. The summed E-state index contributed by atoms with van der Waals surface area (Å²) in [5, 5.41) is 1.12. The summed E-state index contributed by atoms with van der Waals surface area (Å²) in [5.74, 6) is 3.07. The predicted octanol–water partition coefficient (Wildman–Crippen LogP) is 4.07. The number of ether oxygens (including phenoxy) is 2. The van der Waals surface area contributed by atoms with Gasteiger partial charge < -0.3 is 29.2 Å². The number of imidazole rings is 1. The van der Waals surface area contributed by atoms with Gasteiger partial charge in [0.2, 0.25) is 0 Å². The van der Waals surface area contributed by atoms with Crippen LogP contribution in [-0.4, -0.2) is 68.9 Å². The summed E-state index contributed by atoms with van der Waals surface area (Å²) in [6.07, 6.45) is 7.49. The topological polar surface area (TPSA) is 100 Å². The van der Waals surface area contributed by atoms with E-state index in [1.165, 1.54) is 12.8 Å². The fraction of sp³-hybridized carbons (Fsp3) is 0.516. The number of carbonyl (C=O) groups is 1. The number of fused-ring (bicyclic) bond motifs is 4. The molecule has 0 radical (unpaired) electrons. The lowest BCUT2D eigenvalue weighted by Gasteiger charge is -2.27. The Kier molecular flexibility index (Phi) is 5.67. The Morgan fingerprint density at radius 2 is 1.98 bits per heavy atom. The minimum absolute atomic E-state index is 0.0233. The van der Waals surface area contributed by atoms with Crippen LogP contribution in [0.4, 0.5) is 0 Å². The van der Waals surface area contributed by atoms with E-state index in [2.05, 4.69) is 21.3 Å². The summed E-state index contributed by atoms with van der Waals surface area (Å²) in [6.45, 7) is 3.97. The van der Waals surface area contributed by atoms with Gasteiger partial charge in [0, 0.05) is 61.4 Å². The van der Waals surface area contributed by atoms with E-state index in [9.17, 15) is 4.79 Å². The molecule has 2 aliphatic carbocycles. The summed E-state index contributed by atoms with van der Waals surface area (Å²) < 4.78 is 16.4. The second-order valence-corrected chi connectivity index (χ2v) is 12.3. The van der Waals surface area contributed by atoms with E-state index in [1.54, 1.807) is 7.11 Å². The van der Waals surface area contributed by atoms with E-state index in [1.807, 2.05) is 29.3 Å². The molecule has 2 saturated heterocycles.